The Hall–Kier alpha value is -2.20. The minimum absolute atomic E-state index is 0.143. The average molecular weight is 397 g/mol. The summed E-state index contributed by atoms with van der Waals surface area (Å²) in [6, 6.07) is 7.41. The summed E-state index contributed by atoms with van der Waals surface area (Å²) in [7, 11) is 0. The fourth-order valence-corrected chi connectivity index (χ4v) is 4.20. The number of aryl methyl sites for hydroxylation is 3. The van der Waals surface area contributed by atoms with Gasteiger partial charge in [-0.05, 0) is 50.8 Å². The second-order valence-electron chi connectivity index (χ2n) is 8.09. The maximum Gasteiger partial charge on any atom is 0.140 e. The van der Waals surface area contributed by atoms with E-state index in [1.54, 1.807) is 6.20 Å². The molecule has 1 atom stereocenters. The average Bonchev–Trinajstić information content (AvgIpc) is 3.00. The second kappa shape index (κ2) is 9.53. The van der Waals surface area contributed by atoms with Crippen LogP contribution in [0.3, 0.4) is 0 Å². The highest BCUT2D eigenvalue weighted by molar-refractivity contribution is 5.73. The van der Waals surface area contributed by atoms with Gasteiger partial charge in [-0.3, -0.25) is 0 Å². The third-order valence-corrected chi connectivity index (χ3v) is 5.46. The Morgan fingerprint density at radius 1 is 1.07 bits per heavy atom. The number of hydrogen-bond donors (Lipinski definition) is 0. The van der Waals surface area contributed by atoms with Gasteiger partial charge >= 0.3 is 0 Å². The molecule has 0 aliphatic carbocycles. The molecule has 156 valence electrons. The molecule has 0 aliphatic rings. The summed E-state index contributed by atoms with van der Waals surface area (Å²) in [4.78, 5) is 4.88. The molecule has 1 unspecified atom stereocenters. The minimum Gasteiger partial charge on any atom is -0.378 e. The monoisotopic (exact) mass is 396 g/mol. The molecule has 3 nitrogen and oxygen atoms in total. The highest BCUT2D eigenvalue weighted by atomic mass is 19.1. The summed E-state index contributed by atoms with van der Waals surface area (Å²) in [6.45, 7) is 11.5. The van der Waals surface area contributed by atoms with Gasteiger partial charge < -0.3 is 9.14 Å². The lowest BCUT2D eigenvalue weighted by Gasteiger charge is -2.19. The Balaban J connectivity index is 2.13. The number of rotatable bonds is 9. The zero-order chi connectivity index (χ0) is 21.0. The standard InChI is InChI=1S/C25H33FN2O/c1-6-8-9-21(29-12-7-2)16-22-25(24-18(4)13-17(3)14-19(24)5)27-23-15-20(26)10-11-28(22)23/h10-11,13-15,21H,6-9,12,16H2,1-5H3. The predicted molar refractivity (Wildman–Crippen MR) is 118 cm³/mol. The van der Waals surface area contributed by atoms with Crippen LogP contribution in [0, 0.1) is 26.6 Å². The van der Waals surface area contributed by atoms with Crippen molar-refractivity contribution in [3.63, 3.8) is 0 Å². The lowest BCUT2D eigenvalue weighted by Crippen LogP contribution is -2.18. The molecule has 1 aromatic carbocycles. The first-order valence-electron chi connectivity index (χ1n) is 10.8. The highest BCUT2D eigenvalue weighted by Gasteiger charge is 2.21. The molecular formula is C25H33FN2O. The molecular weight excluding hydrogens is 363 g/mol. The van der Waals surface area contributed by atoms with E-state index in [9.17, 15) is 4.39 Å². The number of ether oxygens (including phenoxy) is 1. The van der Waals surface area contributed by atoms with E-state index >= 15 is 0 Å². The van der Waals surface area contributed by atoms with Crippen molar-refractivity contribution in [2.45, 2.75) is 72.8 Å². The van der Waals surface area contributed by atoms with E-state index in [1.165, 1.54) is 28.8 Å². The first kappa shape index (κ1) is 21.5. The van der Waals surface area contributed by atoms with Gasteiger partial charge in [-0.25, -0.2) is 9.37 Å². The van der Waals surface area contributed by atoms with E-state index in [-0.39, 0.29) is 11.9 Å². The van der Waals surface area contributed by atoms with E-state index < -0.39 is 0 Å². The Labute approximate surface area is 173 Å². The molecule has 2 heterocycles. The van der Waals surface area contributed by atoms with Gasteiger partial charge in [-0.2, -0.15) is 0 Å². The van der Waals surface area contributed by atoms with Gasteiger partial charge in [0.15, 0.2) is 0 Å². The van der Waals surface area contributed by atoms with Crippen LogP contribution in [0.1, 0.15) is 61.9 Å². The minimum atomic E-state index is -0.261. The summed E-state index contributed by atoms with van der Waals surface area (Å²) in [6.07, 6.45) is 7.02. The number of imidazole rings is 1. The van der Waals surface area contributed by atoms with Crippen LogP contribution in [0.25, 0.3) is 16.9 Å². The normalized spacial score (nSPS) is 12.6. The van der Waals surface area contributed by atoms with E-state index in [0.717, 1.165) is 55.7 Å². The number of fused-ring (bicyclic) bond motifs is 1. The van der Waals surface area contributed by atoms with Crippen molar-refractivity contribution in [2.75, 3.05) is 6.61 Å². The molecule has 4 heteroatoms. The first-order valence-corrected chi connectivity index (χ1v) is 10.8. The molecule has 0 amide bonds. The molecule has 0 fully saturated rings. The Kier molecular flexibility index (Phi) is 7.07. The largest absolute Gasteiger partial charge is 0.378 e. The number of aromatic nitrogens is 2. The van der Waals surface area contributed by atoms with Gasteiger partial charge in [-0.1, -0.05) is 44.4 Å². The van der Waals surface area contributed by atoms with Crippen LogP contribution >= 0.6 is 0 Å². The fraction of sp³-hybridized carbons (Fsp3) is 0.480. The van der Waals surface area contributed by atoms with E-state index in [0.29, 0.717) is 5.65 Å². The Morgan fingerprint density at radius 3 is 2.45 bits per heavy atom. The summed E-state index contributed by atoms with van der Waals surface area (Å²) >= 11 is 0. The van der Waals surface area contributed by atoms with Gasteiger partial charge in [0.25, 0.3) is 0 Å². The van der Waals surface area contributed by atoms with Crippen LogP contribution in [-0.2, 0) is 11.2 Å². The molecule has 3 aromatic rings. The maximum atomic E-state index is 13.9. The second-order valence-corrected chi connectivity index (χ2v) is 8.09. The van der Waals surface area contributed by atoms with Gasteiger partial charge in [-0.15, -0.1) is 0 Å². The third-order valence-electron chi connectivity index (χ3n) is 5.46. The third kappa shape index (κ3) is 4.87. The summed E-state index contributed by atoms with van der Waals surface area (Å²) in [5, 5.41) is 0. The van der Waals surface area contributed by atoms with Crippen LogP contribution in [0.5, 0.6) is 0 Å². The molecule has 29 heavy (non-hydrogen) atoms. The van der Waals surface area contributed by atoms with E-state index in [4.69, 9.17) is 9.72 Å². The molecule has 3 rings (SSSR count). The topological polar surface area (TPSA) is 26.5 Å². The van der Waals surface area contributed by atoms with E-state index in [1.807, 2.05) is 4.40 Å². The van der Waals surface area contributed by atoms with Crippen LogP contribution in [0.2, 0.25) is 0 Å². The van der Waals surface area contributed by atoms with Gasteiger partial charge in [0.2, 0.25) is 0 Å². The molecule has 0 saturated heterocycles. The molecule has 0 saturated carbocycles. The number of hydrogen-bond acceptors (Lipinski definition) is 2. The van der Waals surface area contributed by atoms with Crippen molar-refractivity contribution < 1.29 is 9.13 Å². The maximum absolute atomic E-state index is 13.9. The number of benzene rings is 1. The zero-order valence-corrected chi connectivity index (χ0v) is 18.4. The summed E-state index contributed by atoms with van der Waals surface area (Å²) in [5.41, 5.74) is 7.50. The van der Waals surface area contributed by atoms with Gasteiger partial charge in [0.05, 0.1) is 17.5 Å². The SMILES string of the molecule is CCCCC(Cc1c(-c2c(C)cc(C)cc2C)nc2cc(F)ccn12)OCCC. The fourth-order valence-electron chi connectivity index (χ4n) is 4.20. The van der Waals surface area contributed by atoms with Crippen molar-refractivity contribution in [3.8, 4) is 11.3 Å². The zero-order valence-electron chi connectivity index (χ0n) is 18.4. The van der Waals surface area contributed by atoms with Gasteiger partial charge in [0.1, 0.15) is 11.5 Å². The number of pyridine rings is 1. The van der Waals surface area contributed by atoms with Crippen molar-refractivity contribution in [1.82, 2.24) is 9.38 Å². The number of unbranched alkanes of at least 4 members (excludes halogenated alkanes) is 1. The number of halogens is 1. The highest BCUT2D eigenvalue weighted by Crippen LogP contribution is 2.32. The van der Waals surface area contributed by atoms with Crippen molar-refractivity contribution >= 4 is 5.65 Å². The Bertz CT molecular complexity index is 945. The lowest BCUT2D eigenvalue weighted by atomic mass is 9.94. The molecule has 0 radical (unpaired) electrons. The number of nitrogens with zero attached hydrogens (tertiary/aromatic N) is 2. The lowest BCUT2D eigenvalue weighted by molar-refractivity contribution is 0.0460. The molecule has 0 aliphatic heterocycles. The Morgan fingerprint density at radius 2 is 1.79 bits per heavy atom. The van der Waals surface area contributed by atoms with Crippen LogP contribution < -0.4 is 0 Å². The molecule has 0 spiro atoms. The van der Waals surface area contributed by atoms with Crippen LogP contribution in [0.15, 0.2) is 30.5 Å². The quantitative estimate of drug-likeness (QED) is 0.408. The summed E-state index contributed by atoms with van der Waals surface area (Å²) in [5.74, 6) is -0.261. The van der Waals surface area contributed by atoms with Gasteiger partial charge in [0, 0.05) is 30.9 Å². The molecule has 0 N–H and O–H groups in total. The molecule has 0 bridgehead atoms. The van der Waals surface area contributed by atoms with Crippen molar-refractivity contribution in [2.24, 2.45) is 0 Å². The van der Waals surface area contributed by atoms with Crippen molar-refractivity contribution in [1.29, 1.82) is 0 Å². The van der Waals surface area contributed by atoms with Crippen LogP contribution in [0.4, 0.5) is 4.39 Å². The smallest absolute Gasteiger partial charge is 0.140 e. The molecule has 2 aromatic heterocycles. The first-order chi connectivity index (χ1) is 13.9. The van der Waals surface area contributed by atoms with Crippen molar-refractivity contribution in [3.05, 3.63) is 58.7 Å². The van der Waals surface area contributed by atoms with E-state index in [2.05, 4.69) is 46.8 Å². The summed E-state index contributed by atoms with van der Waals surface area (Å²) < 4.78 is 22.1. The predicted octanol–water partition coefficient (Wildman–Crippen LogP) is 6.59. The van der Waals surface area contributed by atoms with Crippen LogP contribution in [-0.4, -0.2) is 22.1 Å².